The number of fused-ring (bicyclic) bond motifs is 1. The first-order chi connectivity index (χ1) is 19.0. The van der Waals surface area contributed by atoms with Crippen LogP contribution in [0.4, 0.5) is 5.69 Å². The third-order valence-electron chi connectivity index (χ3n) is 6.55. The van der Waals surface area contributed by atoms with Crippen LogP contribution in [0.5, 0.6) is 0 Å². The predicted octanol–water partition coefficient (Wildman–Crippen LogP) is 7.08. The van der Waals surface area contributed by atoms with Gasteiger partial charge < -0.3 is 16.8 Å². The molecule has 2 aromatic heterocycles. The second-order valence-corrected chi connectivity index (χ2v) is 9.26. The number of rotatable bonds is 4. The molecule has 0 atom stereocenters. The van der Waals surface area contributed by atoms with Gasteiger partial charge in [-0.05, 0) is 59.9 Å². The number of aryl methyl sites for hydroxylation is 1. The van der Waals surface area contributed by atoms with E-state index < -0.39 is 5.91 Å². The molecule has 6 rings (SSSR count). The van der Waals surface area contributed by atoms with Gasteiger partial charge in [-0.25, -0.2) is 9.97 Å². The fourth-order valence-electron chi connectivity index (χ4n) is 4.49. The van der Waals surface area contributed by atoms with Crippen LogP contribution < -0.4 is 5.73 Å². The van der Waals surface area contributed by atoms with Crippen molar-refractivity contribution in [2.45, 2.75) is 19.9 Å². The van der Waals surface area contributed by atoms with Crippen molar-refractivity contribution >= 4 is 11.6 Å². The SMILES string of the molecule is Cc1ccccc1-c1nc(-c2cccnc2)nc2c1C[N-]CC2.[NH-]c1cccc(-c2ccc(C(N)=O)cc2)c1.[Y]. The molecule has 1 aliphatic rings. The van der Waals surface area contributed by atoms with Crippen LogP contribution in [-0.2, 0) is 45.7 Å². The van der Waals surface area contributed by atoms with Crippen LogP contribution in [0.3, 0.4) is 0 Å². The molecule has 0 unspecified atom stereocenters. The zero-order chi connectivity index (χ0) is 27.2. The van der Waals surface area contributed by atoms with E-state index in [0.29, 0.717) is 17.8 Å². The maximum atomic E-state index is 10.9. The number of nitrogens with one attached hydrogen (secondary N) is 1. The second-order valence-electron chi connectivity index (χ2n) is 9.26. The summed E-state index contributed by atoms with van der Waals surface area (Å²) in [6.07, 6.45) is 4.46. The summed E-state index contributed by atoms with van der Waals surface area (Å²) in [7, 11) is 0. The van der Waals surface area contributed by atoms with Crippen molar-refractivity contribution in [3.8, 4) is 33.8 Å². The molecular formula is C32H28N6OY-2. The van der Waals surface area contributed by atoms with Crippen molar-refractivity contribution in [2.24, 2.45) is 5.73 Å². The number of amides is 1. The molecule has 0 spiro atoms. The zero-order valence-electron chi connectivity index (χ0n) is 22.2. The maximum Gasteiger partial charge on any atom is 0.248 e. The molecule has 1 radical (unpaired) electrons. The van der Waals surface area contributed by atoms with Gasteiger partial charge >= 0.3 is 0 Å². The Bertz CT molecular complexity index is 1610. The Kier molecular flexibility index (Phi) is 9.88. The van der Waals surface area contributed by atoms with E-state index in [-0.39, 0.29) is 32.7 Å². The molecule has 5 aromatic rings. The minimum Gasteiger partial charge on any atom is -0.699 e. The van der Waals surface area contributed by atoms with Gasteiger partial charge in [0, 0.05) is 67.5 Å². The Morgan fingerprint density at radius 3 is 2.38 bits per heavy atom. The van der Waals surface area contributed by atoms with Crippen molar-refractivity contribution in [3.05, 3.63) is 131 Å². The maximum absolute atomic E-state index is 10.9. The van der Waals surface area contributed by atoms with Crippen molar-refractivity contribution < 1.29 is 37.5 Å². The van der Waals surface area contributed by atoms with E-state index in [9.17, 15) is 4.79 Å². The van der Waals surface area contributed by atoms with Crippen molar-refractivity contribution in [1.29, 1.82) is 0 Å². The van der Waals surface area contributed by atoms with Gasteiger partial charge in [-0.3, -0.25) is 9.78 Å². The standard InChI is InChI=1S/C19H17N4.C13H11N2O.Y/c1-13-5-2-3-7-15(13)18-16-12-21-10-8-17(16)22-19(23-18)14-6-4-9-20-11-14;14-12-3-1-2-11(8-12)9-4-6-10(7-5-9)13(15)16;/h2-7,9,11H,8,10,12H2,1H3;1-8,14H,(H2,15,16);/q2*-1;. The molecule has 0 bridgehead atoms. The first-order valence-electron chi connectivity index (χ1n) is 12.7. The number of nitrogens with two attached hydrogens (primary N) is 1. The third-order valence-corrected chi connectivity index (χ3v) is 6.55. The van der Waals surface area contributed by atoms with Gasteiger partial charge in [-0.2, -0.15) is 0 Å². The summed E-state index contributed by atoms with van der Waals surface area (Å²) in [5.41, 5.74) is 22.2. The van der Waals surface area contributed by atoms with Crippen LogP contribution in [0.2, 0.25) is 0 Å². The normalized spacial score (nSPS) is 11.8. The van der Waals surface area contributed by atoms with Crippen molar-refractivity contribution in [2.75, 3.05) is 6.54 Å². The largest absolute Gasteiger partial charge is 0.699 e. The van der Waals surface area contributed by atoms with Crippen LogP contribution in [0.15, 0.2) is 97.3 Å². The summed E-state index contributed by atoms with van der Waals surface area (Å²) in [4.78, 5) is 24.8. The molecule has 3 aromatic carbocycles. The summed E-state index contributed by atoms with van der Waals surface area (Å²) in [6.45, 7) is 3.66. The number of benzene rings is 3. The van der Waals surface area contributed by atoms with Crippen LogP contribution in [0, 0.1) is 6.92 Å². The quantitative estimate of drug-likeness (QED) is 0.237. The van der Waals surface area contributed by atoms with E-state index in [1.807, 2.05) is 42.6 Å². The molecule has 3 heterocycles. The minimum absolute atomic E-state index is 0. The fraction of sp³-hybridized carbons (Fsp3) is 0.125. The topological polar surface area (TPSA) is 120 Å². The van der Waals surface area contributed by atoms with Gasteiger partial charge in [-0.15, -0.1) is 18.8 Å². The Hall–Kier alpha value is -3.78. The third kappa shape index (κ3) is 6.86. The first-order valence-corrected chi connectivity index (χ1v) is 12.7. The molecule has 1 aliphatic heterocycles. The Morgan fingerprint density at radius 1 is 0.900 bits per heavy atom. The summed E-state index contributed by atoms with van der Waals surface area (Å²) in [5, 5.41) is 4.54. The van der Waals surface area contributed by atoms with Crippen LogP contribution >= 0.6 is 0 Å². The number of carbonyl (C=O) groups is 1. The number of hydrogen-bond acceptors (Lipinski definition) is 4. The van der Waals surface area contributed by atoms with Gasteiger partial charge in [0.2, 0.25) is 5.91 Å². The zero-order valence-corrected chi connectivity index (χ0v) is 25.0. The number of nitrogens with zero attached hydrogens (tertiary/aromatic N) is 4. The van der Waals surface area contributed by atoms with E-state index in [0.717, 1.165) is 58.0 Å². The monoisotopic (exact) mass is 601 g/mol. The van der Waals surface area contributed by atoms with E-state index in [2.05, 4.69) is 41.5 Å². The first kappa shape index (κ1) is 29.2. The Labute approximate surface area is 259 Å². The minimum atomic E-state index is -0.430. The predicted molar refractivity (Wildman–Crippen MR) is 155 cm³/mol. The van der Waals surface area contributed by atoms with E-state index >= 15 is 0 Å². The van der Waals surface area contributed by atoms with E-state index in [1.54, 1.807) is 30.5 Å². The molecule has 0 aliphatic carbocycles. The van der Waals surface area contributed by atoms with Gasteiger partial charge in [0.25, 0.3) is 0 Å². The molecule has 8 heteroatoms. The molecule has 0 saturated heterocycles. The van der Waals surface area contributed by atoms with Gasteiger partial charge in [0.05, 0.1) is 5.69 Å². The fourth-order valence-corrected chi connectivity index (χ4v) is 4.49. The molecule has 40 heavy (non-hydrogen) atoms. The average Bonchev–Trinajstić information content (AvgIpc) is 2.98. The molecule has 7 nitrogen and oxygen atoms in total. The molecule has 197 valence electrons. The molecule has 0 fully saturated rings. The molecule has 0 saturated carbocycles. The second kappa shape index (κ2) is 13.5. The van der Waals surface area contributed by atoms with E-state index in [4.69, 9.17) is 21.4 Å². The van der Waals surface area contributed by atoms with Gasteiger partial charge in [0.1, 0.15) is 0 Å². The smallest absolute Gasteiger partial charge is 0.248 e. The molecule has 3 N–H and O–H groups in total. The van der Waals surface area contributed by atoms with Gasteiger partial charge in [0.15, 0.2) is 5.82 Å². The average molecular weight is 602 g/mol. The Balaban J connectivity index is 0.000000192. The molecule has 1 amide bonds. The Morgan fingerprint density at radius 2 is 1.68 bits per heavy atom. The van der Waals surface area contributed by atoms with Crippen molar-refractivity contribution in [1.82, 2.24) is 15.0 Å². The number of primary amides is 1. The van der Waals surface area contributed by atoms with Gasteiger partial charge in [-0.1, -0.05) is 60.7 Å². The molecular weight excluding hydrogens is 573 g/mol. The van der Waals surface area contributed by atoms with Crippen molar-refractivity contribution in [3.63, 3.8) is 0 Å². The number of carbonyl (C=O) groups excluding carboxylic acids is 1. The van der Waals surface area contributed by atoms with Crippen LogP contribution in [-0.4, -0.2) is 27.4 Å². The number of pyridine rings is 1. The van der Waals surface area contributed by atoms with E-state index in [1.165, 1.54) is 5.56 Å². The summed E-state index contributed by atoms with van der Waals surface area (Å²) in [5.74, 6) is 0.317. The summed E-state index contributed by atoms with van der Waals surface area (Å²) in [6, 6.07) is 26.6. The van der Waals surface area contributed by atoms with Crippen LogP contribution in [0.25, 0.3) is 44.8 Å². The van der Waals surface area contributed by atoms with Crippen LogP contribution in [0.1, 0.15) is 27.2 Å². The summed E-state index contributed by atoms with van der Waals surface area (Å²) < 4.78 is 0. The number of aromatic nitrogens is 3. The number of hydrogen-bond donors (Lipinski definition) is 1. The summed E-state index contributed by atoms with van der Waals surface area (Å²) >= 11 is 0.